The molecule has 0 saturated carbocycles. The zero-order valence-electron chi connectivity index (χ0n) is 14.0. The normalized spacial score (nSPS) is 10.8. The highest BCUT2D eigenvalue weighted by Crippen LogP contribution is 2.21. The van der Waals surface area contributed by atoms with Crippen molar-refractivity contribution < 1.29 is 8.42 Å². The molecule has 0 radical (unpaired) electrons. The number of sulfonamides is 1. The van der Waals surface area contributed by atoms with Crippen molar-refractivity contribution in [2.24, 2.45) is 0 Å². The summed E-state index contributed by atoms with van der Waals surface area (Å²) in [6, 6.07) is 19.1. The van der Waals surface area contributed by atoms with E-state index in [9.17, 15) is 8.42 Å². The van der Waals surface area contributed by atoms with Gasteiger partial charge in [-0.25, -0.2) is 13.4 Å². The summed E-state index contributed by atoms with van der Waals surface area (Å²) in [7, 11) is -3.67. The average molecular weight is 364 g/mol. The van der Waals surface area contributed by atoms with Crippen LogP contribution in [0.25, 0.3) is 0 Å². The SMILES string of the molecule is Cc1cccc(S(=O)(=O)Nc2ccc(Nc3ccccc3C#N)nc2)c1. The van der Waals surface area contributed by atoms with Gasteiger partial charge in [0.25, 0.3) is 10.0 Å². The van der Waals surface area contributed by atoms with Gasteiger partial charge in [0.1, 0.15) is 11.9 Å². The molecule has 1 aromatic heterocycles. The molecule has 7 heteroatoms. The molecule has 130 valence electrons. The minimum Gasteiger partial charge on any atom is -0.339 e. The predicted octanol–water partition coefficient (Wildman–Crippen LogP) is 3.81. The lowest BCUT2D eigenvalue weighted by Gasteiger charge is -2.10. The van der Waals surface area contributed by atoms with Crippen LogP contribution >= 0.6 is 0 Å². The van der Waals surface area contributed by atoms with Gasteiger partial charge < -0.3 is 5.32 Å². The Hall–Kier alpha value is -3.37. The molecular weight excluding hydrogens is 348 g/mol. The maximum atomic E-state index is 12.4. The smallest absolute Gasteiger partial charge is 0.261 e. The minimum atomic E-state index is -3.67. The number of anilines is 3. The van der Waals surface area contributed by atoms with Crippen molar-refractivity contribution >= 4 is 27.2 Å². The minimum absolute atomic E-state index is 0.197. The number of rotatable bonds is 5. The van der Waals surface area contributed by atoms with E-state index >= 15 is 0 Å². The van der Waals surface area contributed by atoms with Crippen LogP contribution in [0.3, 0.4) is 0 Å². The van der Waals surface area contributed by atoms with Crippen molar-refractivity contribution in [3.8, 4) is 6.07 Å². The van der Waals surface area contributed by atoms with E-state index in [-0.39, 0.29) is 4.90 Å². The Morgan fingerprint density at radius 2 is 1.85 bits per heavy atom. The van der Waals surface area contributed by atoms with Gasteiger partial charge in [-0.05, 0) is 48.9 Å². The van der Waals surface area contributed by atoms with E-state index in [4.69, 9.17) is 5.26 Å². The molecule has 0 bridgehead atoms. The summed E-state index contributed by atoms with van der Waals surface area (Å²) in [5, 5.41) is 12.2. The van der Waals surface area contributed by atoms with E-state index in [0.29, 0.717) is 22.8 Å². The van der Waals surface area contributed by atoms with Gasteiger partial charge in [0, 0.05) is 0 Å². The van der Waals surface area contributed by atoms with Gasteiger partial charge in [-0.1, -0.05) is 24.3 Å². The van der Waals surface area contributed by atoms with Gasteiger partial charge in [0.15, 0.2) is 0 Å². The number of hydrogen-bond acceptors (Lipinski definition) is 5. The Kier molecular flexibility index (Phi) is 4.87. The second-order valence-electron chi connectivity index (χ2n) is 5.64. The number of para-hydroxylation sites is 1. The lowest BCUT2D eigenvalue weighted by atomic mass is 10.2. The molecule has 0 saturated heterocycles. The van der Waals surface area contributed by atoms with Crippen molar-refractivity contribution in [1.29, 1.82) is 5.26 Å². The van der Waals surface area contributed by atoms with Crippen LogP contribution in [0.5, 0.6) is 0 Å². The fraction of sp³-hybridized carbons (Fsp3) is 0.0526. The number of nitrogens with zero attached hydrogens (tertiary/aromatic N) is 2. The Morgan fingerprint density at radius 1 is 1.04 bits per heavy atom. The van der Waals surface area contributed by atoms with E-state index in [1.165, 1.54) is 12.3 Å². The van der Waals surface area contributed by atoms with E-state index in [1.807, 2.05) is 19.1 Å². The molecule has 2 aromatic carbocycles. The molecule has 0 aliphatic heterocycles. The van der Waals surface area contributed by atoms with Crippen molar-refractivity contribution in [2.45, 2.75) is 11.8 Å². The highest BCUT2D eigenvalue weighted by molar-refractivity contribution is 7.92. The molecule has 0 spiro atoms. The largest absolute Gasteiger partial charge is 0.339 e. The number of aromatic nitrogens is 1. The Balaban J connectivity index is 1.77. The topological polar surface area (TPSA) is 94.9 Å². The number of nitriles is 1. The molecule has 0 fully saturated rings. The number of pyridine rings is 1. The third-order valence-corrected chi connectivity index (χ3v) is 5.00. The van der Waals surface area contributed by atoms with Gasteiger partial charge in [0.2, 0.25) is 0 Å². The van der Waals surface area contributed by atoms with Gasteiger partial charge in [-0.2, -0.15) is 5.26 Å². The maximum Gasteiger partial charge on any atom is 0.261 e. The molecule has 0 amide bonds. The first-order valence-electron chi connectivity index (χ1n) is 7.80. The molecule has 3 aromatic rings. The number of nitrogens with one attached hydrogen (secondary N) is 2. The van der Waals surface area contributed by atoms with Crippen molar-refractivity contribution in [3.63, 3.8) is 0 Å². The molecular formula is C19H16N4O2S. The maximum absolute atomic E-state index is 12.4. The van der Waals surface area contributed by atoms with E-state index in [2.05, 4.69) is 21.1 Å². The Morgan fingerprint density at radius 3 is 2.54 bits per heavy atom. The molecule has 0 aliphatic carbocycles. The van der Waals surface area contributed by atoms with Crippen molar-refractivity contribution in [2.75, 3.05) is 10.0 Å². The molecule has 0 aliphatic rings. The van der Waals surface area contributed by atoms with E-state index < -0.39 is 10.0 Å². The molecule has 26 heavy (non-hydrogen) atoms. The summed E-state index contributed by atoms with van der Waals surface area (Å²) in [6.07, 6.45) is 1.42. The summed E-state index contributed by atoms with van der Waals surface area (Å²) >= 11 is 0. The average Bonchev–Trinajstić information content (AvgIpc) is 2.63. The summed E-state index contributed by atoms with van der Waals surface area (Å²) < 4.78 is 27.4. The zero-order valence-corrected chi connectivity index (χ0v) is 14.8. The molecule has 1 heterocycles. The second kappa shape index (κ2) is 7.25. The highest BCUT2D eigenvalue weighted by Gasteiger charge is 2.14. The summed E-state index contributed by atoms with van der Waals surface area (Å²) in [4.78, 5) is 4.39. The third kappa shape index (κ3) is 3.99. The van der Waals surface area contributed by atoms with Crippen LogP contribution in [0.4, 0.5) is 17.2 Å². The highest BCUT2D eigenvalue weighted by atomic mass is 32.2. The molecule has 3 rings (SSSR count). The monoisotopic (exact) mass is 364 g/mol. The third-order valence-electron chi connectivity index (χ3n) is 3.63. The van der Waals surface area contributed by atoms with Gasteiger partial charge >= 0.3 is 0 Å². The first-order valence-corrected chi connectivity index (χ1v) is 9.28. The Bertz CT molecular complexity index is 1070. The quantitative estimate of drug-likeness (QED) is 0.718. The van der Waals surface area contributed by atoms with Gasteiger partial charge in [-0.15, -0.1) is 0 Å². The molecule has 0 atom stereocenters. The van der Waals surface area contributed by atoms with Crippen molar-refractivity contribution in [1.82, 2.24) is 4.98 Å². The zero-order chi connectivity index (χ0) is 18.6. The summed E-state index contributed by atoms with van der Waals surface area (Å²) in [6.45, 7) is 1.83. The fourth-order valence-corrected chi connectivity index (χ4v) is 3.50. The number of aryl methyl sites for hydroxylation is 1. The van der Waals surface area contributed by atoms with Crippen LogP contribution in [0.2, 0.25) is 0 Å². The summed E-state index contributed by atoms with van der Waals surface area (Å²) in [5.41, 5.74) is 2.35. The second-order valence-corrected chi connectivity index (χ2v) is 7.32. The molecule has 0 unspecified atom stereocenters. The van der Waals surface area contributed by atoms with Crippen LogP contribution in [-0.4, -0.2) is 13.4 Å². The van der Waals surface area contributed by atoms with Gasteiger partial charge in [0.05, 0.1) is 28.0 Å². The van der Waals surface area contributed by atoms with Crippen molar-refractivity contribution in [3.05, 3.63) is 78.0 Å². The number of benzene rings is 2. The van der Waals surface area contributed by atoms with Crippen LogP contribution in [0.15, 0.2) is 71.8 Å². The molecule has 2 N–H and O–H groups in total. The van der Waals surface area contributed by atoms with Crippen LogP contribution < -0.4 is 10.0 Å². The van der Waals surface area contributed by atoms with Crippen LogP contribution in [0, 0.1) is 18.3 Å². The lowest BCUT2D eigenvalue weighted by Crippen LogP contribution is -2.13. The predicted molar refractivity (Wildman–Crippen MR) is 101 cm³/mol. The Labute approximate surface area is 152 Å². The first-order chi connectivity index (χ1) is 12.5. The molecule has 6 nitrogen and oxygen atoms in total. The standard InChI is InChI=1S/C19H16N4O2S/c1-14-5-4-7-17(11-14)26(24,25)23-16-9-10-19(21-13-16)22-18-8-3-2-6-15(18)12-20/h2-11,13,23H,1H3,(H,21,22). The first kappa shape index (κ1) is 17.5. The number of hydrogen-bond donors (Lipinski definition) is 2. The van der Waals surface area contributed by atoms with Crippen LogP contribution in [0.1, 0.15) is 11.1 Å². The lowest BCUT2D eigenvalue weighted by molar-refractivity contribution is 0.601. The summed E-state index contributed by atoms with van der Waals surface area (Å²) in [5.74, 6) is 0.506. The van der Waals surface area contributed by atoms with E-state index in [1.54, 1.807) is 42.5 Å². The fourth-order valence-electron chi connectivity index (χ4n) is 2.35. The van der Waals surface area contributed by atoms with E-state index in [0.717, 1.165) is 5.56 Å². The van der Waals surface area contributed by atoms with Gasteiger partial charge in [-0.3, -0.25) is 4.72 Å². The van der Waals surface area contributed by atoms with Crippen LogP contribution in [-0.2, 0) is 10.0 Å².